The topological polar surface area (TPSA) is 114 Å². The van der Waals surface area contributed by atoms with Gasteiger partial charge < -0.3 is 23.7 Å². The number of esters is 4. The molecular formula is C18H24O9. The summed E-state index contributed by atoms with van der Waals surface area (Å²) in [6.45, 7) is 4.65. The van der Waals surface area contributed by atoms with Crippen molar-refractivity contribution in [3.05, 3.63) is 12.2 Å². The molecule has 9 nitrogen and oxygen atoms in total. The van der Waals surface area contributed by atoms with Gasteiger partial charge in [-0.2, -0.15) is 0 Å². The molecule has 2 aliphatic rings. The zero-order valence-corrected chi connectivity index (χ0v) is 15.8. The summed E-state index contributed by atoms with van der Waals surface area (Å²) in [5.41, 5.74) is -1.01. The molecule has 1 heterocycles. The summed E-state index contributed by atoms with van der Waals surface area (Å²) in [6, 6.07) is 0. The van der Waals surface area contributed by atoms with Crippen molar-refractivity contribution in [1.82, 2.24) is 0 Å². The first-order valence-electron chi connectivity index (χ1n) is 8.62. The summed E-state index contributed by atoms with van der Waals surface area (Å²) in [6.07, 6.45) is 0.400. The smallest absolute Gasteiger partial charge is 0.303 e. The molecule has 2 rings (SSSR count). The van der Waals surface area contributed by atoms with Gasteiger partial charge in [0.1, 0.15) is 18.3 Å². The number of carbonyl (C=O) groups excluding carboxylic acids is 4. The van der Waals surface area contributed by atoms with Gasteiger partial charge in [0.15, 0.2) is 18.3 Å². The fourth-order valence-corrected chi connectivity index (χ4v) is 3.43. The van der Waals surface area contributed by atoms with E-state index in [0.29, 0.717) is 12.8 Å². The van der Waals surface area contributed by atoms with E-state index in [1.54, 1.807) is 0 Å². The minimum atomic E-state index is -1.11. The summed E-state index contributed by atoms with van der Waals surface area (Å²) in [5, 5.41) is 0. The summed E-state index contributed by atoms with van der Waals surface area (Å²) in [4.78, 5) is 46.3. The van der Waals surface area contributed by atoms with Crippen LogP contribution in [0.1, 0.15) is 40.5 Å². The molecule has 0 saturated carbocycles. The van der Waals surface area contributed by atoms with Gasteiger partial charge in [0, 0.05) is 27.7 Å². The Labute approximate surface area is 156 Å². The maximum absolute atomic E-state index is 11.7. The quantitative estimate of drug-likeness (QED) is 0.386. The molecule has 1 aliphatic heterocycles. The van der Waals surface area contributed by atoms with E-state index in [4.69, 9.17) is 23.7 Å². The summed E-state index contributed by atoms with van der Waals surface area (Å²) in [7, 11) is 0. The average molecular weight is 384 g/mol. The van der Waals surface area contributed by atoms with Crippen LogP contribution in [0.4, 0.5) is 0 Å². The number of hydrogen-bond acceptors (Lipinski definition) is 9. The molecule has 0 aromatic heterocycles. The monoisotopic (exact) mass is 384 g/mol. The van der Waals surface area contributed by atoms with Gasteiger partial charge in [0.05, 0.1) is 0 Å². The highest BCUT2D eigenvalue weighted by Crippen LogP contribution is 2.43. The molecular weight excluding hydrogens is 360 g/mol. The molecule has 150 valence electrons. The van der Waals surface area contributed by atoms with Gasteiger partial charge in [-0.1, -0.05) is 12.2 Å². The van der Waals surface area contributed by atoms with E-state index in [1.807, 2.05) is 12.2 Å². The first-order chi connectivity index (χ1) is 12.6. The fraction of sp³-hybridized carbons (Fsp3) is 0.667. The van der Waals surface area contributed by atoms with E-state index >= 15 is 0 Å². The lowest BCUT2D eigenvalue weighted by Gasteiger charge is -2.50. The maximum atomic E-state index is 11.7. The Morgan fingerprint density at radius 1 is 0.852 bits per heavy atom. The molecule has 1 fully saturated rings. The van der Waals surface area contributed by atoms with Crippen LogP contribution in [0.2, 0.25) is 0 Å². The van der Waals surface area contributed by atoms with E-state index in [-0.39, 0.29) is 6.61 Å². The van der Waals surface area contributed by atoms with Gasteiger partial charge in [-0.3, -0.25) is 19.2 Å². The molecule has 0 aromatic rings. The van der Waals surface area contributed by atoms with Crippen LogP contribution in [0, 0.1) is 0 Å². The lowest BCUT2D eigenvalue weighted by atomic mass is 9.82. The van der Waals surface area contributed by atoms with E-state index in [9.17, 15) is 19.2 Å². The Morgan fingerprint density at radius 3 is 1.85 bits per heavy atom. The predicted molar refractivity (Wildman–Crippen MR) is 89.3 cm³/mol. The van der Waals surface area contributed by atoms with Crippen molar-refractivity contribution < 1.29 is 42.9 Å². The molecule has 1 saturated heterocycles. The van der Waals surface area contributed by atoms with Crippen molar-refractivity contribution >= 4 is 23.9 Å². The molecule has 0 bridgehead atoms. The van der Waals surface area contributed by atoms with Gasteiger partial charge in [-0.15, -0.1) is 0 Å². The number of carbonyl (C=O) groups is 4. The van der Waals surface area contributed by atoms with Crippen LogP contribution >= 0.6 is 0 Å². The molecule has 0 amide bonds. The van der Waals surface area contributed by atoms with Crippen LogP contribution in [0.3, 0.4) is 0 Å². The average Bonchev–Trinajstić information content (AvgIpc) is 3.00. The van der Waals surface area contributed by atoms with Crippen LogP contribution in [0.15, 0.2) is 12.2 Å². The third-order valence-electron chi connectivity index (χ3n) is 4.33. The van der Waals surface area contributed by atoms with E-state index < -0.39 is 53.9 Å². The van der Waals surface area contributed by atoms with E-state index in [0.717, 1.165) is 0 Å². The third-order valence-corrected chi connectivity index (χ3v) is 4.33. The molecule has 27 heavy (non-hydrogen) atoms. The Morgan fingerprint density at radius 2 is 1.37 bits per heavy atom. The summed E-state index contributed by atoms with van der Waals surface area (Å²) in [5.74, 6) is -2.41. The van der Waals surface area contributed by atoms with Crippen molar-refractivity contribution in [1.29, 1.82) is 0 Å². The Hall–Kier alpha value is -2.42. The Balaban J connectivity index is 2.43. The second-order valence-corrected chi connectivity index (χ2v) is 6.58. The molecule has 1 aliphatic carbocycles. The van der Waals surface area contributed by atoms with Crippen LogP contribution in [0.25, 0.3) is 0 Å². The van der Waals surface area contributed by atoms with Gasteiger partial charge in [0.25, 0.3) is 0 Å². The highest BCUT2D eigenvalue weighted by atomic mass is 16.7. The van der Waals surface area contributed by atoms with Crippen molar-refractivity contribution in [2.24, 2.45) is 0 Å². The standard InChI is InChI=1S/C18H24O9/c1-10(19)23-9-14-15(24-11(2)20)16(25-12(3)21)17(26-13(4)22)18(27-14)7-5-6-8-18/h5-6,14-17H,7-9H2,1-4H3/t14-,15-,16+,17+/m1/s1. The van der Waals surface area contributed by atoms with Gasteiger partial charge >= 0.3 is 23.9 Å². The molecule has 4 atom stereocenters. The van der Waals surface area contributed by atoms with Crippen LogP contribution in [-0.2, 0) is 42.9 Å². The van der Waals surface area contributed by atoms with Crippen molar-refractivity contribution in [3.8, 4) is 0 Å². The number of hydrogen-bond donors (Lipinski definition) is 0. The third kappa shape index (κ3) is 5.06. The van der Waals surface area contributed by atoms with Gasteiger partial charge in [0.2, 0.25) is 0 Å². The normalized spacial score (nSPS) is 28.4. The highest BCUT2D eigenvalue weighted by Gasteiger charge is 2.59. The number of rotatable bonds is 5. The second kappa shape index (κ2) is 8.51. The largest absolute Gasteiger partial charge is 0.463 e. The second-order valence-electron chi connectivity index (χ2n) is 6.58. The predicted octanol–water partition coefficient (Wildman–Crippen LogP) is 0.832. The molecule has 0 unspecified atom stereocenters. The van der Waals surface area contributed by atoms with E-state index in [2.05, 4.69) is 0 Å². The minimum Gasteiger partial charge on any atom is -0.463 e. The molecule has 0 N–H and O–H groups in total. The Kier molecular flexibility index (Phi) is 6.59. The molecule has 0 aromatic carbocycles. The minimum absolute atomic E-state index is 0.209. The van der Waals surface area contributed by atoms with Gasteiger partial charge in [-0.05, 0) is 12.8 Å². The van der Waals surface area contributed by atoms with Crippen LogP contribution in [0.5, 0.6) is 0 Å². The first kappa shape index (κ1) is 20.9. The zero-order chi connectivity index (χ0) is 20.2. The van der Waals surface area contributed by atoms with Crippen LogP contribution in [-0.4, -0.2) is 60.5 Å². The van der Waals surface area contributed by atoms with Gasteiger partial charge in [-0.25, -0.2) is 0 Å². The maximum Gasteiger partial charge on any atom is 0.303 e. The molecule has 9 heteroatoms. The summed E-state index contributed by atoms with van der Waals surface area (Å²) >= 11 is 0. The molecule has 1 spiro atoms. The first-order valence-corrected chi connectivity index (χ1v) is 8.62. The lowest BCUT2D eigenvalue weighted by Crippen LogP contribution is -2.67. The fourth-order valence-electron chi connectivity index (χ4n) is 3.43. The number of ether oxygens (including phenoxy) is 5. The highest BCUT2D eigenvalue weighted by molar-refractivity contribution is 5.69. The zero-order valence-electron chi connectivity index (χ0n) is 15.8. The summed E-state index contributed by atoms with van der Waals surface area (Å²) < 4.78 is 27.3. The van der Waals surface area contributed by atoms with Crippen molar-refractivity contribution in [2.75, 3.05) is 6.61 Å². The SMILES string of the molecule is CC(=O)OC[C@H]1OC2(CC=CC2)[C@@H](OC(C)=O)[C@@H](OC(C)=O)[C@@H]1OC(C)=O. The van der Waals surface area contributed by atoms with Crippen molar-refractivity contribution in [3.63, 3.8) is 0 Å². The van der Waals surface area contributed by atoms with Crippen LogP contribution < -0.4 is 0 Å². The Bertz CT molecular complexity index is 631. The van der Waals surface area contributed by atoms with Crippen molar-refractivity contribution in [2.45, 2.75) is 70.6 Å². The molecule has 0 radical (unpaired) electrons. The van der Waals surface area contributed by atoms with E-state index in [1.165, 1.54) is 27.7 Å². The lowest BCUT2D eigenvalue weighted by molar-refractivity contribution is -0.283.